The number of rotatable bonds is 14. The van der Waals surface area contributed by atoms with Crippen LogP contribution in [0.25, 0.3) is 10.2 Å². The number of nitrogens with one attached hydrogen (secondary N) is 4. The number of para-hydroxylation sites is 1. The normalized spacial score (nSPS) is 15.6. The third-order valence-corrected chi connectivity index (χ3v) is 10.8. The maximum atomic E-state index is 13.6. The Morgan fingerprint density at radius 2 is 1.77 bits per heavy atom. The predicted octanol–water partition coefficient (Wildman–Crippen LogP) is 3.87. The van der Waals surface area contributed by atoms with E-state index in [-0.39, 0.29) is 66.3 Å². The molecule has 13 nitrogen and oxygen atoms in total. The molecule has 0 aliphatic carbocycles. The van der Waals surface area contributed by atoms with E-state index in [4.69, 9.17) is 27.5 Å². The molecular weight excluding hydrogens is 666 g/mol. The van der Waals surface area contributed by atoms with E-state index in [1.807, 2.05) is 38.1 Å². The molecule has 47 heavy (non-hydrogen) atoms. The summed E-state index contributed by atoms with van der Waals surface area (Å²) in [6.45, 7) is 4.46. The number of amides is 2. The van der Waals surface area contributed by atoms with Crippen molar-refractivity contribution in [3.63, 3.8) is 0 Å². The molecule has 2 aromatic carbocycles. The quantitative estimate of drug-likeness (QED) is 0.0716. The lowest BCUT2D eigenvalue weighted by Crippen LogP contribution is -2.53. The first-order chi connectivity index (χ1) is 22.3. The standard InChI is InChI=1S/C31H40ClN7O6S2/c1-19(2)18-25(38-31(42)45-21-13-16-39(17-14-21)47(43,44)22-11-9-20(32)10-12-22)28(41)36-24(7-5-15-35-30(33)34)27(40)29-37-23-6-3-4-8-26(23)46-29/h3-4,6,8-12,19,21,24-25H,5,7,13-18H2,1-2H3,(H,36,41)(H,38,42)(H4,33,34,35)/t24-,25-/m0/s1. The van der Waals surface area contributed by atoms with E-state index >= 15 is 0 Å². The molecule has 1 aliphatic rings. The average Bonchev–Trinajstić information content (AvgIpc) is 3.46. The van der Waals surface area contributed by atoms with Gasteiger partial charge in [-0.25, -0.2) is 18.2 Å². The van der Waals surface area contributed by atoms with Crippen molar-refractivity contribution in [3.8, 4) is 0 Å². The second-order valence-electron chi connectivity index (χ2n) is 11.7. The van der Waals surface area contributed by atoms with E-state index in [0.717, 1.165) is 4.70 Å². The first-order valence-electron chi connectivity index (χ1n) is 15.3. The molecule has 254 valence electrons. The summed E-state index contributed by atoms with van der Waals surface area (Å²) in [6, 6.07) is 11.4. The Bertz CT molecular complexity index is 1640. The summed E-state index contributed by atoms with van der Waals surface area (Å²) < 4.78 is 33.8. The number of halogens is 1. The van der Waals surface area contributed by atoms with Crippen LogP contribution in [0.15, 0.2) is 53.4 Å². The minimum absolute atomic E-state index is 0.0190. The van der Waals surface area contributed by atoms with Crippen molar-refractivity contribution in [2.45, 2.75) is 69.0 Å². The Balaban J connectivity index is 1.38. The topological polar surface area (TPSA) is 197 Å². The number of hydrogen-bond donors (Lipinski definition) is 5. The van der Waals surface area contributed by atoms with E-state index in [9.17, 15) is 22.8 Å². The van der Waals surface area contributed by atoms with Crippen LogP contribution in [0.3, 0.4) is 0 Å². The lowest BCUT2D eigenvalue weighted by atomic mass is 10.0. The van der Waals surface area contributed by atoms with Crippen molar-refractivity contribution in [3.05, 3.63) is 58.6 Å². The number of Topliss-reactive ketones (excluding diaryl/α,β-unsaturated/α-hetero) is 1. The van der Waals surface area contributed by atoms with Gasteiger partial charge in [0.1, 0.15) is 12.1 Å². The Morgan fingerprint density at radius 1 is 1.09 bits per heavy atom. The molecule has 1 aromatic heterocycles. The number of carbonyl (C=O) groups excluding carboxylic acids is 3. The molecule has 0 bridgehead atoms. The third-order valence-electron chi connectivity index (χ3n) is 7.56. The average molecular weight is 706 g/mol. The summed E-state index contributed by atoms with van der Waals surface area (Å²) in [5, 5.41) is 16.2. The summed E-state index contributed by atoms with van der Waals surface area (Å²) in [5.41, 5.74) is 6.06. The van der Waals surface area contributed by atoms with Crippen LogP contribution in [-0.4, -0.2) is 79.3 Å². The first kappa shape index (κ1) is 36.1. The molecule has 2 heterocycles. The van der Waals surface area contributed by atoms with Gasteiger partial charge >= 0.3 is 6.09 Å². The fourth-order valence-corrected chi connectivity index (χ4v) is 7.73. The lowest BCUT2D eigenvalue weighted by Gasteiger charge is -2.31. The fraction of sp³-hybridized carbons (Fsp3) is 0.452. The number of nitrogens with two attached hydrogens (primary N) is 1. The maximum Gasteiger partial charge on any atom is 0.408 e. The molecule has 1 aliphatic heterocycles. The molecule has 2 amide bonds. The van der Waals surface area contributed by atoms with Crippen LogP contribution >= 0.6 is 22.9 Å². The number of benzene rings is 2. The zero-order chi connectivity index (χ0) is 34.1. The summed E-state index contributed by atoms with van der Waals surface area (Å²) >= 11 is 7.13. The van der Waals surface area contributed by atoms with Gasteiger partial charge in [-0.2, -0.15) is 4.31 Å². The molecule has 3 aromatic rings. The van der Waals surface area contributed by atoms with Gasteiger partial charge in [-0.1, -0.05) is 37.6 Å². The zero-order valence-electron chi connectivity index (χ0n) is 26.2. The number of ether oxygens (including phenoxy) is 1. The summed E-state index contributed by atoms with van der Waals surface area (Å²) in [6.07, 6.45) is 0.186. The highest BCUT2D eigenvalue weighted by Gasteiger charge is 2.33. The fourth-order valence-electron chi connectivity index (χ4n) is 5.17. The van der Waals surface area contributed by atoms with E-state index in [2.05, 4.69) is 20.9 Å². The molecule has 0 unspecified atom stereocenters. The van der Waals surface area contributed by atoms with E-state index < -0.39 is 40.2 Å². The minimum atomic E-state index is -3.72. The van der Waals surface area contributed by atoms with Gasteiger partial charge in [-0.3, -0.25) is 15.0 Å². The number of hydrogen-bond acceptors (Lipinski definition) is 9. The number of fused-ring (bicyclic) bond motifs is 1. The smallest absolute Gasteiger partial charge is 0.408 e. The molecule has 16 heteroatoms. The van der Waals surface area contributed by atoms with E-state index in [1.54, 1.807) is 0 Å². The van der Waals surface area contributed by atoms with Crippen molar-refractivity contribution in [2.75, 3.05) is 19.6 Å². The van der Waals surface area contributed by atoms with Crippen LogP contribution in [-0.2, 0) is 19.6 Å². The minimum Gasteiger partial charge on any atom is -0.446 e. The summed E-state index contributed by atoms with van der Waals surface area (Å²) in [4.78, 5) is 44.7. The van der Waals surface area contributed by atoms with Crippen LogP contribution in [0.5, 0.6) is 0 Å². The number of thiazole rings is 1. The predicted molar refractivity (Wildman–Crippen MR) is 181 cm³/mol. The zero-order valence-corrected chi connectivity index (χ0v) is 28.6. The summed E-state index contributed by atoms with van der Waals surface area (Å²) in [7, 11) is -3.72. The Labute approximate surface area is 283 Å². The van der Waals surface area contributed by atoms with Crippen molar-refractivity contribution in [1.82, 2.24) is 25.2 Å². The molecule has 0 radical (unpaired) electrons. The van der Waals surface area contributed by atoms with Gasteiger partial charge < -0.3 is 26.4 Å². The van der Waals surface area contributed by atoms with Crippen molar-refractivity contribution >= 4 is 66.9 Å². The highest BCUT2D eigenvalue weighted by Crippen LogP contribution is 2.25. The second-order valence-corrected chi connectivity index (χ2v) is 15.1. The highest BCUT2D eigenvalue weighted by molar-refractivity contribution is 7.89. The van der Waals surface area contributed by atoms with Gasteiger partial charge in [0.05, 0.1) is 21.2 Å². The molecule has 6 N–H and O–H groups in total. The molecule has 1 saturated heterocycles. The van der Waals surface area contributed by atoms with Crippen LogP contribution in [0, 0.1) is 11.3 Å². The summed E-state index contributed by atoms with van der Waals surface area (Å²) in [5.74, 6) is -1.07. The number of piperidine rings is 1. The van der Waals surface area contributed by atoms with Crippen molar-refractivity contribution < 1.29 is 27.5 Å². The van der Waals surface area contributed by atoms with Gasteiger partial charge in [0.25, 0.3) is 0 Å². The molecule has 0 saturated carbocycles. The van der Waals surface area contributed by atoms with E-state index in [0.29, 0.717) is 23.5 Å². The second kappa shape index (κ2) is 16.4. The highest BCUT2D eigenvalue weighted by atomic mass is 35.5. The largest absolute Gasteiger partial charge is 0.446 e. The van der Waals surface area contributed by atoms with Crippen LogP contribution in [0.2, 0.25) is 5.02 Å². The molecule has 0 spiro atoms. The lowest BCUT2D eigenvalue weighted by molar-refractivity contribution is -0.124. The van der Waals surface area contributed by atoms with Crippen LogP contribution < -0.4 is 21.7 Å². The van der Waals surface area contributed by atoms with Gasteiger partial charge in [-0.15, -0.1) is 11.3 Å². The van der Waals surface area contributed by atoms with Gasteiger partial charge in [0.15, 0.2) is 11.0 Å². The molecule has 1 fully saturated rings. The van der Waals surface area contributed by atoms with E-state index in [1.165, 1.54) is 39.9 Å². The number of ketones is 1. The number of guanidine groups is 1. The van der Waals surface area contributed by atoms with Gasteiger partial charge in [0.2, 0.25) is 21.7 Å². The Kier molecular flexibility index (Phi) is 12.5. The molecular formula is C31H40ClN7O6S2. The SMILES string of the molecule is CC(C)C[C@H](NC(=O)OC1CCN(S(=O)(=O)c2ccc(Cl)cc2)CC1)C(=O)N[C@@H](CCCNC(=N)N)C(=O)c1nc2ccccc2s1. The monoisotopic (exact) mass is 705 g/mol. The van der Waals surface area contributed by atoms with Gasteiger partial charge in [-0.05, 0) is 74.4 Å². The number of sulfonamides is 1. The number of aromatic nitrogens is 1. The number of carbonyl (C=O) groups is 3. The Morgan fingerprint density at radius 3 is 2.40 bits per heavy atom. The first-order valence-corrected chi connectivity index (χ1v) is 18.0. The van der Waals surface area contributed by atoms with Crippen molar-refractivity contribution in [1.29, 1.82) is 5.41 Å². The maximum absolute atomic E-state index is 13.6. The number of alkyl carbamates (subject to hydrolysis) is 1. The van der Waals surface area contributed by atoms with Crippen LogP contribution in [0.1, 0.15) is 55.8 Å². The molecule has 2 atom stereocenters. The Hall–Kier alpha value is -3.79. The molecule has 4 rings (SSSR count). The van der Waals surface area contributed by atoms with Crippen LogP contribution in [0.4, 0.5) is 4.79 Å². The number of nitrogens with zero attached hydrogens (tertiary/aromatic N) is 2. The van der Waals surface area contributed by atoms with Crippen molar-refractivity contribution in [2.24, 2.45) is 11.7 Å². The van der Waals surface area contributed by atoms with Gasteiger partial charge in [0, 0.05) is 24.7 Å². The third kappa shape index (κ3) is 10.1.